The van der Waals surface area contributed by atoms with E-state index in [4.69, 9.17) is 5.73 Å². The monoisotopic (exact) mass is 277 g/mol. The topological polar surface area (TPSA) is 63.3 Å². The van der Waals surface area contributed by atoms with Crippen molar-refractivity contribution in [2.24, 2.45) is 17.1 Å². The van der Waals surface area contributed by atoms with E-state index in [-0.39, 0.29) is 6.54 Å². The van der Waals surface area contributed by atoms with E-state index >= 15 is 0 Å². The Morgan fingerprint density at radius 3 is 2.10 bits per heavy atom. The van der Waals surface area contributed by atoms with Gasteiger partial charge in [-0.25, -0.2) is 0 Å². The fraction of sp³-hybridized carbons (Fsp3) is 0.588. The van der Waals surface area contributed by atoms with Crippen LogP contribution in [0.5, 0.6) is 0 Å². The number of hydrogen-bond donors (Lipinski definition) is 2. The largest absolute Gasteiger partial charge is 0.481 e. The lowest BCUT2D eigenvalue weighted by Crippen LogP contribution is -2.42. The lowest BCUT2D eigenvalue weighted by Gasteiger charge is -2.31. The number of aliphatic carboxylic acids is 1. The molecule has 1 atom stereocenters. The van der Waals surface area contributed by atoms with Gasteiger partial charge in [0.25, 0.3) is 0 Å². The molecule has 0 aliphatic rings. The molecule has 0 bridgehead atoms. The van der Waals surface area contributed by atoms with E-state index in [1.807, 2.05) is 27.7 Å². The summed E-state index contributed by atoms with van der Waals surface area (Å²) in [5.74, 6) is -0.478. The third kappa shape index (κ3) is 3.60. The van der Waals surface area contributed by atoms with E-state index in [1.54, 1.807) is 0 Å². The zero-order valence-electron chi connectivity index (χ0n) is 13.3. The van der Waals surface area contributed by atoms with Gasteiger partial charge < -0.3 is 10.8 Å². The molecule has 112 valence electrons. The average molecular weight is 277 g/mol. The minimum absolute atomic E-state index is 0.174. The summed E-state index contributed by atoms with van der Waals surface area (Å²) in [7, 11) is 0. The molecule has 0 fully saturated rings. The lowest BCUT2D eigenvalue weighted by molar-refractivity contribution is -0.149. The van der Waals surface area contributed by atoms with Crippen molar-refractivity contribution < 1.29 is 9.90 Å². The maximum atomic E-state index is 11.8. The van der Waals surface area contributed by atoms with Crippen molar-refractivity contribution in [1.82, 2.24) is 0 Å². The predicted octanol–water partition coefficient (Wildman–Crippen LogP) is 3.23. The molecule has 0 aliphatic carbocycles. The van der Waals surface area contributed by atoms with Crippen LogP contribution in [0.25, 0.3) is 0 Å². The summed E-state index contributed by atoms with van der Waals surface area (Å²) in [4.78, 5) is 11.8. The summed E-state index contributed by atoms with van der Waals surface area (Å²) in [5, 5.41) is 9.69. The highest BCUT2D eigenvalue weighted by atomic mass is 16.4. The van der Waals surface area contributed by atoms with Crippen molar-refractivity contribution in [3.8, 4) is 0 Å². The van der Waals surface area contributed by atoms with Crippen LogP contribution in [0.4, 0.5) is 0 Å². The Labute approximate surface area is 122 Å². The molecular weight excluding hydrogens is 250 g/mol. The maximum Gasteiger partial charge on any atom is 0.311 e. The quantitative estimate of drug-likeness (QED) is 0.839. The Morgan fingerprint density at radius 2 is 1.75 bits per heavy atom. The number of rotatable bonds is 6. The van der Waals surface area contributed by atoms with Gasteiger partial charge in [-0.15, -0.1) is 0 Å². The van der Waals surface area contributed by atoms with E-state index in [9.17, 15) is 9.90 Å². The highest BCUT2D eigenvalue weighted by Gasteiger charge is 2.38. The standard InChI is InChI=1S/C17H27NO2/c1-11(2)8-17(10-18,16(19)20)9-15-13(4)6-12(3)7-14(15)5/h6-7,11H,8-10,18H2,1-5H3,(H,19,20). The van der Waals surface area contributed by atoms with E-state index < -0.39 is 11.4 Å². The first kappa shape index (κ1) is 16.7. The average Bonchev–Trinajstić information content (AvgIpc) is 2.31. The van der Waals surface area contributed by atoms with Crippen LogP contribution in [0.15, 0.2) is 12.1 Å². The van der Waals surface area contributed by atoms with Gasteiger partial charge in [-0.2, -0.15) is 0 Å². The van der Waals surface area contributed by atoms with Gasteiger partial charge in [-0.05, 0) is 56.2 Å². The first-order chi connectivity index (χ1) is 9.21. The maximum absolute atomic E-state index is 11.8. The molecule has 0 saturated heterocycles. The molecular formula is C17H27NO2. The van der Waals surface area contributed by atoms with Crippen LogP contribution in [0, 0.1) is 32.1 Å². The first-order valence-corrected chi connectivity index (χ1v) is 7.22. The predicted molar refractivity (Wildman–Crippen MR) is 82.9 cm³/mol. The second-order valence-corrected chi connectivity index (χ2v) is 6.44. The van der Waals surface area contributed by atoms with Gasteiger partial charge in [0.1, 0.15) is 0 Å². The highest BCUT2D eigenvalue weighted by molar-refractivity contribution is 5.75. The minimum atomic E-state index is -0.862. The molecule has 0 amide bonds. The van der Waals surface area contributed by atoms with Crippen molar-refractivity contribution >= 4 is 5.97 Å². The lowest BCUT2D eigenvalue weighted by atomic mass is 9.74. The molecule has 3 nitrogen and oxygen atoms in total. The van der Waals surface area contributed by atoms with Crippen LogP contribution in [0.1, 0.15) is 42.5 Å². The molecule has 3 N–H and O–H groups in total. The molecule has 0 saturated carbocycles. The molecule has 0 spiro atoms. The molecule has 1 unspecified atom stereocenters. The van der Waals surface area contributed by atoms with Gasteiger partial charge in [0.2, 0.25) is 0 Å². The summed E-state index contributed by atoms with van der Waals surface area (Å²) in [6.45, 7) is 10.4. The molecule has 0 radical (unpaired) electrons. The Morgan fingerprint density at radius 1 is 1.25 bits per heavy atom. The normalized spacial score (nSPS) is 14.3. The number of carboxylic acid groups (broad SMARTS) is 1. The van der Waals surface area contributed by atoms with Crippen molar-refractivity contribution in [3.63, 3.8) is 0 Å². The third-order valence-corrected chi connectivity index (χ3v) is 4.00. The van der Waals surface area contributed by atoms with Gasteiger partial charge in [-0.3, -0.25) is 4.79 Å². The number of aryl methyl sites for hydroxylation is 3. The smallest absolute Gasteiger partial charge is 0.311 e. The second-order valence-electron chi connectivity index (χ2n) is 6.44. The fourth-order valence-corrected chi connectivity index (χ4v) is 3.09. The zero-order chi connectivity index (χ0) is 15.5. The SMILES string of the molecule is Cc1cc(C)c(CC(CN)(CC(C)C)C(=O)O)c(C)c1. The zero-order valence-corrected chi connectivity index (χ0v) is 13.3. The van der Waals surface area contributed by atoms with Gasteiger partial charge in [0, 0.05) is 6.54 Å². The summed E-state index contributed by atoms with van der Waals surface area (Å²) >= 11 is 0. The summed E-state index contributed by atoms with van der Waals surface area (Å²) in [6, 6.07) is 4.22. The highest BCUT2D eigenvalue weighted by Crippen LogP contribution is 2.33. The van der Waals surface area contributed by atoms with E-state index in [1.165, 1.54) is 5.56 Å². The van der Waals surface area contributed by atoms with Crippen LogP contribution >= 0.6 is 0 Å². The Bertz CT molecular complexity index is 471. The molecule has 1 rings (SSSR count). The Balaban J connectivity index is 3.23. The van der Waals surface area contributed by atoms with Crippen molar-refractivity contribution in [2.45, 2.75) is 47.5 Å². The summed E-state index contributed by atoms with van der Waals surface area (Å²) in [5.41, 5.74) is 9.65. The van der Waals surface area contributed by atoms with Crippen molar-refractivity contribution in [1.29, 1.82) is 0 Å². The molecule has 0 aromatic heterocycles. The number of hydrogen-bond acceptors (Lipinski definition) is 2. The Kier molecular flexibility index (Phi) is 5.35. The molecule has 0 heterocycles. The van der Waals surface area contributed by atoms with Gasteiger partial charge in [0.05, 0.1) is 5.41 Å². The van der Waals surface area contributed by atoms with Gasteiger partial charge >= 0.3 is 5.97 Å². The van der Waals surface area contributed by atoms with Crippen LogP contribution in [0.2, 0.25) is 0 Å². The van der Waals surface area contributed by atoms with Crippen LogP contribution < -0.4 is 5.73 Å². The van der Waals surface area contributed by atoms with Crippen LogP contribution in [-0.4, -0.2) is 17.6 Å². The van der Waals surface area contributed by atoms with E-state index in [2.05, 4.69) is 19.1 Å². The van der Waals surface area contributed by atoms with E-state index in [0.29, 0.717) is 18.8 Å². The number of carbonyl (C=O) groups is 1. The van der Waals surface area contributed by atoms with Crippen molar-refractivity contribution in [2.75, 3.05) is 6.54 Å². The summed E-state index contributed by atoms with van der Waals surface area (Å²) < 4.78 is 0. The van der Waals surface area contributed by atoms with Crippen molar-refractivity contribution in [3.05, 3.63) is 34.4 Å². The van der Waals surface area contributed by atoms with Crippen LogP contribution in [0.3, 0.4) is 0 Å². The molecule has 3 heteroatoms. The van der Waals surface area contributed by atoms with E-state index in [0.717, 1.165) is 16.7 Å². The molecule has 20 heavy (non-hydrogen) atoms. The molecule has 1 aromatic rings. The van der Waals surface area contributed by atoms with Gasteiger partial charge in [-0.1, -0.05) is 31.5 Å². The second kappa shape index (κ2) is 6.40. The third-order valence-electron chi connectivity index (χ3n) is 4.00. The number of benzene rings is 1. The van der Waals surface area contributed by atoms with Gasteiger partial charge in [0.15, 0.2) is 0 Å². The molecule has 0 aliphatic heterocycles. The summed E-state index contributed by atoms with van der Waals surface area (Å²) in [6.07, 6.45) is 1.11. The van der Waals surface area contributed by atoms with Crippen LogP contribution in [-0.2, 0) is 11.2 Å². The number of nitrogens with two attached hydrogens (primary N) is 1. The first-order valence-electron chi connectivity index (χ1n) is 7.22. The number of carboxylic acids is 1. The Hall–Kier alpha value is -1.35. The molecule has 1 aromatic carbocycles. The fourth-order valence-electron chi connectivity index (χ4n) is 3.09. The minimum Gasteiger partial charge on any atom is -0.481 e.